The van der Waals surface area contributed by atoms with Crippen molar-refractivity contribution in [2.45, 2.75) is 25.3 Å². The molecule has 1 aromatic rings. The maximum absolute atomic E-state index is 13.0. The van der Waals surface area contributed by atoms with Gasteiger partial charge in [-0.1, -0.05) is 6.07 Å². The summed E-state index contributed by atoms with van der Waals surface area (Å²) in [5.74, 6) is -1.20. The minimum atomic E-state index is -0.495. The number of piperidine rings is 1. The Morgan fingerprint density at radius 3 is 2.90 bits per heavy atom. The summed E-state index contributed by atoms with van der Waals surface area (Å²) in [7, 11) is 0. The number of hydrogen-bond acceptors (Lipinski definition) is 3. The Bertz CT molecular complexity index is 521. The molecule has 0 aliphatic carbocycles. The Labute approximate surface area is 122 Å². The van der Waals surface area contributed by atoms with E-state index in [-0.39, 0.29) is 30.7 Å². The summed E-state index contributed by atoms with van der Waals surface area (Å²) < 4.78 is 13.0. The highest BCUT2D eigenvalue weighted by atomic mass is 19.1. The fourth-order valence-electron chi connectivity index (χ4n) is 2.51. The summed E-state index contributed by atoms with van der Waals surface area (Å²) in [6.45, 7) is 0.384. The molecule has 0 radical (unpaired) electrons. The predicted octanol–water partition coefficient (Wildman–Crippen LogP) is 0.929. The van der Waals surface area contributed by atoms with Gasteiger partial charge in [0.15, 0.2) is 0 Å². The first-order valence-electron chi connectivity index (χ1n) is 7.06. The molecule has 1 aliphatic heterocycles. The van der Waals surface area contributed by atoms with Crippen molar-refractivity contribution in [3.05, 3.63) is 35.6 Å². The fourth-order valence-corrected chi connectivity index (χ4v) is 2.51. The zero-order valence-corrected chi connectivity index (χ0v) is 11.7. The lowest BCUT2D eigenvalue weighted by Gasteiger charge is -2.34. The van der Waals surface area contributed by atoms with Crippen molar-refractivity contribution in [1.82, 2.24) is 10.2 Å². The molecule has 1 heterocycles. The van der Waals surface area contributed by atoms with Crippen LogP contribution >= 0.6 is 0 Å². The number of amides is 2. The van der Waals surface area contributed by atoms with Gasteiger partial charge in [0.1, 0.15) is 5.82 Å². The lowest BCUT2D eigenvalue weighted by Crippen LogP contribution is -2.49. The molecule has 6 heteroatoms. The second kappa shape index (κ2) is 7.17. The highest BCUT2D eigenvalue weighted by Crippen LogP contribution is 2.16. The Morgan fingerprint density at radius 2 is 2.19 bits per heavy atom. The van der Waals surface area contributed by atoms with Crippen LogP contribution in [0.1, 0.15) is 29.6 Å². The van der Waals surface area contributed by atoms with Gasteiger partial charge in [-0.05, 0) is 37.5 Å². The first-order valence-corrected chi connectivity index (χ1v) is 7.06. The van der Waals surface area contributed by atoms with Crippen LogP contribution in [0, 0.1) is 5.82 Å². The van der Waals surface area contributed by atoms with Crippen LogP contribution in [0.15, 0.2) is 24.3 Å². The number of halogens is 1. The van der Waals surface area contributed by atoms with E-state index >= 15 is 0 Å². The van der Waals surface area contributed by atoms with Gasteiger partial charge in [0.25, 0.3) is 5.91 Å². The zero-order valence-electron chi connectivity index (χ0n) is 11.7. The Kier molecular flexibility index (Phi) is 5.27. The zero-order chi connectivity index (χ0) is 15.2. The molecule has 1 unspecified atom stereocenters. The number of carbonyl (C=O) groups excluding carboxylic acids is 2. The van der Waals surface area contributed by atoms with E-state index in [0.29, 0.717) is 6.54 Å². The van der Waals surface area contributed by atoms with Gasteiger partial charge >= 0.3 is 0 Å². The molecule has 0 saturated carbocycles. The molecule has 2 N–H and O–H groups in total. The summed E-state index contributed by atoms with van der Waals surface area (Å²) in [6.07, 6.45) is 2.67. The van der Waals surface area contributed by atoms with Crippen LogP contribution in [0.25, 0.3) is 0 Å². The van der Waals surface area contributed by atoms with Crippen LogP contribution in [0.2, 0.25) is 0 Å². The van der Waals surface area contributed by atoms with E-state index in [0.717, 1.165) is 25.3 Å². The Balaban J connectivity index is 1.90. The van der Waals surface area contributed by atoms with Gasteiger partial charge in [-0.25, -0.2) is 4.39 Å². The quantitative estimate of drug-likeness (QED) is 0.868. The van der Waals surface area contributed by atoms with Crippen LogP contribution in [0.3, 0.4) is 0 Å². The minimum absolute atomic E-state index is 0.0659. The van der Waals surface area contributed by atoms with E-state index in [4.69, 9.17) is 0 Å². The second-order valence-electron chi connectivity index (χ2n) is 5.11. The number of likely N-dealkylation sites (tertiary alicyclic amines) is 1. The van der Waals surface area contributed by atoms with Crippen LogP contribution in [0.4, 0.5) is 4.39 Å². The number of aliphatic hydroxyl groups is 1. The van der Waals surface area contributed by atoms with Crippen LogP contribution in [0.5, 0.6) is 0 Å². The van der Waals surface area contributed by atoms with Gasteiger partial charge in [-0.15, -0.1) is 0 Å². The van der Waals surface area contributed by atoms with Gasteiger partial charge < -0.3 is 15.3 Å². The molecule has 5 nitrogen and oxygen atoms in total. The number of nitrogens with zero attached hydrogens (tertiary/aromatic N) is 1. The average Bonchev–Trinajstić information content (AvgIpc) is 2.52. The van der Waals surface area contributed by atoms with Gasteiger partial charge in [0.05, 0.1) is 19.2 Å². The van der Waals surface area contributed by atoms with Gasteiger partial charge in [-0.3, -0.25) is 9.59 Å². The number of benzene rings is 1. The standard InChI is InChI=1S/C15H19FN2O3/c16-12-5-3-4-11(8-12)15(21)17-9-14(20)18-7-2-1-6-13(18)10-19/h3-5,8,13,19H,1-2,6-7,9-10H2,(H,17,21). The van der Waals surface area contributed by atoms with Crippen molar-refractivity contribution in [3.8, 4) is 0 Å². The number of carbonyl (C=O) groups is 2. The molecule has 0 aromatic heterocycles. The molecule has 0 spiro atoms. The molecular weight excluding hydrogens is 275 g/mol. The van der Waals surface area contributed by atoms with Crippen molar-refractivity contribution < 1.29 is 19.1 Å². The molecule has 2 amide bonds. The first-order chi connectivity index (χ1) is 10.1. The SMILES string of the molecule is O=C(NCC(=O)N1CCCCC1CO)c1cccc(F)c1. The maximum atomic E-state index is 13.0. The molecule has 1 saturated heterocycles. The van der Waals surface area contributed by atoms with Crippen LogP contribution in [-0.2, 0) is 4.79 Å². The van der Waals surface area contributed by atoms with E-state index in [2.05, 4.69) is 5.32 Å². The summed E-state index contributed by atoms with van der Waals surface area (Å²) in [6, 6.07) is 5.13. The number of aliphatic hydroxyl groups excluding tert-OH is 1. The molecule has 2 rings (SSSR count). The van der Waals surface area contributed by atoms with E-state index in [9.17, 15) is 19.1 Å². The number of rotatable bonds is 4. The van der Waals surface area contributed by atoms with E-state index in [1.807, 2.05) is 0 Å². The largest absolute Gasteiger partial charge is 0.394 e. The van der Waals surface area contributed by atoms with Crippen molar-refractivity contribution in [2.24, 2.45) is 0 Å². The molecule has 114 valence electrons. The van der Waals surface area contributed by atoms with Gasteiger partial charge in [0, 0.05) is 12.1 Å². The summed E-state index contributed by atoms with van der Waals surface area (Å²) in [4.78, 5) is 25.5. The summed E-state index contributed by atoms with van der Waals surface area (Å²) >= 11 is 0. The van der Waals surface area contributed by atoms with Gasteiger partial charge in [0.2, 0.25) is 5.91 Å². The maximum Gasteiger partial charge on any atom is 0.251 e. The van der Waals surface area contributed by atoms with E-state index < -0.39 is 11.7 Å². The Hall–Kier alpha value is -1.95. The number of hydrogen-bond donors (Lipinski definition) is 2. The second-order valence-corrected chi connectivity index (χ2v) is 5.11. The first kappa shape index (κ1) is 15.4. The highest BCUT2D eigenvalue weighted by Gasteiger charge is 2.26. The monoisotopic (exact) mass is 294 g/mol. The molecule has 0 bridgehead atoms. The fraction of sp³-hybridized carbons (Fsp3) is 0.467. The smallest absolute Gasteiger partial charge is 0.251 e. The lowest BCUT2D eigenvalue weighted by atomic mass is 10.0. The number of nitrogens with one attached hydrogen (secondary N) is 1. The molecular formula is C15H19FN2O3. The van der Waals surface area contributed by atoms with Gasteiger partial charge in [-0.2, -0.15) is 0 Å². The molecule has 1 aromatic carbocycles. The van der Waals surface area contributed by atoms with E-state index in [1.165, 1.54) is 18.2 Å². The topological polar surface area (TPSA) is 69.6 Å². The molecule has 21 heavy (non-hydrogen) atoms. The third-order valence-corrected chi connectivity index (χ3v) is 3.65. The molecule has 1 fully saturated rings. The van der Waals surface area contributed by atoms with Crippen molar-refractivity contribution in [3.63, 3.8) is 0 Å². The van der Waals surface area contributed by atoms with Crippen LogP contribution in [-0.4, -0.2) is 47.6 Å². The lowest BCUT2D eigenvalue weighted by molar-refractivity contribution is -0.134. The van der Waals surface area contributed by atoms with Crippen molar-refractivity contribution in [2.75, 3.05) is 19.7 Å². The van der Waals surface area contributed by atoms with E-state index in [1.54, 1.807) is 4.90 Å². The average molecular weight is 294 g/mol. The molecule has 1 aliphatic rings. The third-order valence-electron chi connectivity index (χ3n) is 3.65. The van der Waals surface area contributed by atoms with Crippen molar-refractivity contribution >= 4 is 11.8 Å². The van der Waals surface area contributed by atoms with Crippen LogP contribution < -0.4 is 5.32 Å². The predicted molar refractivity (Wildman–Crippen MR) is 75.2 cm³/mol. The summed E-state index contributed by atoms with van der Waals surface area (Å²) in [5.41, 5.74) is 0.181. The highest BCUT2D eigenvalue weighted by molar-refractivity contribution is 5.96. The van der Waals surface area contributed by atoms with Crippen molar-refractivity contribution in [1.29, 1.82) is 0 Å². The summed E-state index contributed by atoms with van der Waals surface area (Å²) in [5, 5.41) is 11.8. The third kappa shape index (κ3) is 4.01. The Morgan fingerprint density at radius 1 is 1.38 bits per heavy atom. The minimum Gasteiger partial charge on any atom is -0.394 e. The molecule has 1 atom stereocenters. The normalized spacial score (nSPS) is 18.4.